The van der Waals surface area contributed by atoms with Gasteiger partial charge in [0.05, 0.1) is 0 Å². The van der Waals surface area contributed by atoms with Crippen molar-refractivity contribution in [2.45, 2.75) is 12.6 Å². The Morgan fingerprint density at radius 3 is 2.81 bits per heavy atom. The molecular weight excluding hydrogens is 392 g/mol. The van der Waals surface area contributed by atoms with Gasteiger partial charge in [-0.05, 0) is 17.7 Å². The van der Waals surface area contributed by atoms with Gasteiger partial charge in [0.25, 0.3) is 11.7 Å². The maximum atomic E-state index is 12.5. The van der Waals surface area contributed by atoms with Gasteiger partial charge in [0.2, 0.25) is 5.82 Å². The lowest BCUT2D eigenvalue weighted by atomic mass is 10.1. The molecule has 0 spiro atoms. The second-order valence-electron chi connectivity index (χ2n) is 7.42. The van der Waals surface area contributed by atoms with E-state index in [0.29, 0.717) is 18.9 Å². The molecule has 31 heavy (non-hydrogen) atoms. The first kappa shape index (κ1) is 19.2. The first-order valence-corrected chi connectivity index (χ1v) is 10.2. The van der Waals surface area contributed by atoms with Gasteiger partial charge in [-0.25, -0.2) is 9.50 Å². The molecular formula is C23H22N6O2. The van der Waals surface area contributed by atoms with Gasteiger partial charge in [0, 0.05) is 44.1 Å². The fourth-order valence-electron chi connectivity index (χ4n) is 3.73. The number of rotatable bonds is 5. The van der Waals surface area contributed by atoms with Crippen LogP contribution in [0.3, 0.4) is 0 Å². The molecule has 0 aliphatic carbocycles. The van der Waals surface area contributed by atoms with Crippen molar-refractivity contribution in [3.8, 4) is 5.75 Å². The van der Waals surface area contributed by atoms with Crippen molar-refractivity contribution in [2.75, 3.05) is 19.6 Å². The number of nitrogens with one attached hydrogen (secondary N) is 1. The summed E-state index contributed by atoms with van der Waals surface area (Å²) in [5.41, 5.74) is 2.27. The molecule has 1 amide bonds. The van der Waals surface area contributed by atoms with E-state index >= 15 is 0 Å². The molecule has 3 heterocycles. The summed E-state index contributed by atoms with van der Waals surface area (Å²) < 4.78 is 7.83. The molecule has 4 aromatic rings. The summed E-state index contributed by atoms with van der Waals surface area (Å²) in [7, 11) is 0. The summed E-state index contributed by atoms with van der Waals surface area (Å²) in [6, 6.07) is 20.1. The van der Waals surface area contributed by atoms with E-state index in [2.05, 4.69) is 43.5 Å². The van der Waals surface area contributed by atoms with Crippen molar-refractivity contribution in [1.29, 1.82) is 0 Å². The van der Waals surface area contributed by atoms with Gasteiger partial charge in [-0.3, -0.25) is 9.69 Å². The van der Waals surface area contributed by atoms with E-state index in [-0.39, 0.29) is 17.8 Å². The molecule has 0 bridgehead atoms. The van der Waals surface area contributed by atoms with Gasteiger partial charge >= 0.3 is 0 Å². The fraction of sp³-hybridized carbons (Fsp3) is 0.217. The van der Waals surface area contributed by atoms with Crippen LogP contribution in [0.1, 0.15) is 27.8 Å². The molecule has 0 unspecified atom stereocenters. The minimum atomic E-state index is -0.309. The molecule has 8 nitrogen and oxygen atoms in total. The Morgan fingerprint density at radius 2 is 1.94 bits per heavy atom. The summed E-state index contributed by atoms with van der Waals surface area (Å²) in [5, 5.41) is 7.09. The SMILES string of the molecule is O=C(NCCN1Cc2ccccc2O[C@@H](c2ccccc2)C1)c1nc2ncccn2n1. The first-order chi connectivity index (χ1) is 15.3. The number of para-hydroxylation sites is 1. The van der Waals surface area contributed by atoms with E-state index in [1.54, 1.807) is 18.5 Å². The molecule has 8 heteroatoms. The third-order valence-corrected chi connectivity index (χ3v) is 5.26. The summed E-state index contributed by atoms with van der Waals surface area (Å²) in [6.45, 7) is 2.64. The van der Waals surface area contributed by atoms with Crippen molar-refractivity contribution in [3.05, 3.63) is 90.0 Å². The number of hydrogen-bond donors (Lipinski definition) is 1. The Balaban J connectivity index is 1.27. The van der Waals surface area contributed by atoms with Crippen LogP contribution in [0.25, 0.3) is 5.78 Å². The van der Waals surface area contributed by atoms with Gasteiger partial charge in [0.15, 0.2) is 0 Å². The summed E-state index contributed by atoms with van der Waals surface area (Å²) in [6.07, 6.45) is 3.25. The number of amides is 1. The molecule has 2 aromatic carbocycles. The largest absolute Gasteiger partial charge is 0.484 e. The van der Waals surface area contributed by atoms with Crippen LogP contribution >= 0.6 is 0 Å². The quantitative estimate of drug-likeness (QED) is 0.540. The zero-order valence-corrected chi connectivity index (χ0v) is 16.9. The summed E-state index contributed by atoms with van der Waals surface area (Å²) in [4.78, 5) is 23.0. The van der Waals surface area contributed by atoms with Gasteiger partial charge in [-0.1, -0.05) is 48.5 Å². The highest BCUT2D eigenvalue weighted by Crippen LogP contribution is 2.30. The lowest BCUT2D eigenvalue weighted by Crippen LogP contribution is -2.36. The molecule has 2 aromatic heterocycles. The molecule has 0 fully saturated rings. The second-order valence-corrected chi connectivity index (χ2v) is 7.42. The highest BCUT2D eigenvalue weighted by molar-refractivity contribution is 5.90. The van der Waals surface area contributed by atoms with Crippen LogP contribution in [0, 0.1) is 0 Å². The molecule has 1 aliphatic heterocycles. The summed E-state index contributed by atoms with van der Waals surface area (Å²) in [5.74, 6) is 1.12. The standard InChI is InChI=1S/C23H22N6O2/c30-22(21-26-23-25-11-6-13-29(23)27-21)24-12-14-28-15-18-9-4-5-10-19(18)31-20(16-28)17-7-2-1-3-8-17/h1-11,13,20H,12,14-16H2,(H,24,30)/t20-/m1/s1. The number of hydrogen-bond acceptors (Lipinski definition) is 6. The molecule has 1 N–H and O–H groups in total. The Morgan fingerprint density at radius 1 is 1.10 bits per heavy atom. The van der Waals surface area contributed by atoms with Gasteiger partial charge in [-0.2, -0.15) is 4.98 Å². The Hall–Kier alpha value is -3.78. The van der Waals surface area contributed by atoms with Crippen LogP contribution in [-0.4, -0.2) is 50.0 Å². The molecule has 0 radical (unpaired) electrons. The number of carbonyl (C=O) groups excluding carboxylic acids is 1. The third kappa shape index (κ3) is 4.24. The maximum absolute atomic E-state index is 12.5. The van der Waals surface area contributed by atoms with E-state index in [4.69, 9.17) is 4.74 Å². The van der Waals surface area contributed by atoms with E-state index in [9.17, 15) is 4.79 Å². The highest BCUT2D eigenvalue weighted by Gasteiger charge is 2.24. The van der Waals surface area contributed by atoms with Crippen LogP contribution in [0.4, 0.5) is 0 Å². The Kier molecular flexibility index (Phi) is 5.28. The van der Waals surface area contributed by atoms with E-state index < -0.39 is 0 Å². The average Bonchev–Trinajstić information content (AvgIpc) is 3.15. The van der Waals surface area contributed by atoms with Crippen molar-refractivity contribution in [3.63, 3.8) is 0 Å². The first-order valence-electron chi connectivity index (χ1n) is 10.2. The highest BCUT2D eigenvalue weighted by atomic mass is 16.5. The molecule has 1 aliphatic rings. The molecule has 1 atom stereocenters. The predicted octanol–water partition coefficient (Wildman–Crippen LogP) is 2.49. The van der Waals surface area contributed by atoms with Crippen molar-refractivity contribution >= 4 is 11.7 Å². The second kappa shape index (κ2) is 8.53. The lowest BCUT2D eigenvalue weighted by molar-refractivity contribution is 0.0933. The van der Waals surface area contributed by atoms with Gasteiger partial charge in [-0.15, -0.1) is 5.10 Å². The fourth-order valence-corrected chi connectivity index (χ4v) is 3.73. The van der Waals surface area contributed by atoms with Crippen LogP contribution in [0.5, 0.6) is 5.75 Å². The minimum absolute atomic E-state index is 0.0771. The number of fused-ring (bicyclic) bond motifs is 2. The lowest BCUT2D eigenvalue weighted by Gasteiger charge is -2.24. The van der Waals surface area contributed by atoms with Crippen LogP contribution in [0.15, 0.2) is 73.1 Å². The van der Waals surface area contributed by atoms with Crippen molar-refractivity contribution in [1.82, 2.24) is 29.8 Å². The summed E-state index contributed by atoms with van der Waals surface area (Å²) >= 11 is 0. The van der Waals surface area contributed by atoms with Crippen molar-refractivity contribution in [2.24, 2.45) is 0 Å². The third-order valence-electron chi connectivity index (χ3n) is 5.26. The monoisotopic (exact) mass is 414 g/mol. The maximum Gasteiger partial charge on any atom is 0.291 e. The molecule has 5 rings (SSSR count). The zero-order chi connectivity index (χ0) is 21.0. The Bertz CT molecular complexity index is 1160. The molecule has 0 saturated carbocycles. The van der Waals surface area contributed by atoms with Gasteiger partial charge < -0.3 is 10.1 Å². The number of nitrogens with zero attached hydrogens (tertiary/aromatic N) is 5. The topological polar surface area (TPSA) is 84.7 Å². The van der Waals surface area contributed by atoms with Crippen LogP contribution in [0.2, 0.25) is 0 Å². The van der Waals surface area contributed by atoms with E-state index in [1.165, 1.54) is 4.52 Å². The van der Waals surface area contributed by atoms with E-state index in [1.807, 2.05) is 36.4 Å². The number of benzene rings is 2. The minimum Gasteiger partial charge on any atom is -0.484 e. The normalized spacial score (nSPS) is 16.3. The smallest absolute Gasteiger partial charge is 0.291 e. The molecule has 0 saturated heterocycles. The number of carbonyl (C=O) groups is 1. The van der Waals surface area contributed by atoms with Crippen LogP contribution in [-0.2, 0) is 6.54 Å². The van der Waals surface area contributed by atoms with E-state index in [0.717, 1.165) is 30.0 Å². The van der Waals surface area contributed by atoms with Gasteiger partial charge in [0.1, 0.15) is 11.9 Å². The molecule has 156 valence electrons. The Labute approximate surface area is 179 Å². The average molecular weight is 414 g/mol. The number of ether oxygens (including phenoxy) is 1. The van der Waals surface area contributed by atoms with Crippen LogP contribution < -0.4 is 10.1 Å². The predicted molar refractivity (Wildman–Crippen MR) is 115 cm³/mol. The number of aromatic nitrogens is 4. The van der Waals surface area contributed by atoms with Crippen molar-refractivity contribution < 1.29 is 9.53 Å². The zero-order valence-electron chi connectivity index (χ0n) is 16.9.